The molecule has 140 valence electrons. The van der Waals surface area contributed by atoms with Crippen molar-refractivity contribution in [1.82, 2.24) is 34.9 Å². The number of aromatic nitrogens is 5. The monoisotopic (exact) mass is 370 g/mol. The molecule has 1 spiro atoms. The Kier molecular flexibility index (Phi) is 4.26. The van der Waals surface area contributed by atoms with E-state index >= 15 is 0 Å². The second kappa shape index (κ2) is 6.74. The molecule has 11 nitrogen and oxygen atoms in total. The summed E-state index contributed by atoms with van der Waals surface area (Å²) in [4.78, 5) is 50.4. The van der Waals surface area contributed by atoms with Crippen LogP contribution in [0.25, 0.3) is 5.95 Å². The molecule has 4 rings (SSSR count). The van der Waals surface area contributed by atoms with Gasteiger partial charge in [0, 0.05) is 12.4 Å². The van der Waals surface area contributed by atoms with Gasteiger partial charge in [-0.05, 0) is 18.9 Å². The summed E-state index contributed by atoms with van der Waals surface area (Å²) in [5.74, 6) is -0.557. The number of rotatable bonds is 4. The first-order valence-corrected chi connectivity index (χ1v) is 8.70. The molecule has 0 bridgehead atoms. The van der Waals surface area contributed by atoms with Crippen molar-refractivity contribution >= 4 is 23.8 Å². The van der Waals surface area contributed by atoms with Gasteiger partial charge >= 0.3 is 6.03 Å². The Morgan fingerprint density at radius 3 is 2.63 bits per heavy atom. The van der Waals surface area contributed by atoms with E-state index in [1.165, 1.54) is 23.4 Å². The smallest absolute Gasteiger partial charge is 0.323 e. The van der Waals surface area contributed by atoms with Crippen LogP contribution < -0.4 is 10.6 Å². The molecule has 2 aliphatic rings. The predicted molar refractivity (Wildman–Crippen MR) is 91.6 cm³/mol. The molecular weight excluding hydrogens is 352 g/mol. The van der Waals surface area contributed by atoms with Crippen LogP contribution in [0.3, 0.4) is 0 Å². The largest absolute Gasteiger partial charge is 0.325 e. The minimum absolute atomic E-state index is 0.102. The summed E-state index contributed by atoms with van der Waals surface area (Å²) in [5, 5.41) is 9.30. The minimum atomic E-state index is -0.854. The normalized spacial score (nSPS) is 18.6. The van der Waals surface area contributed by atoms with E-state index in [-0.39, 0.29) is 17.8 Å². The van der Waals surface area contributed by atoms with Gasteiger partial charge in [0.1, 0.15) is 18.4 Å². The van der Waals surface area contributed by atoms with Gasteiger partial charge in [-0.2, -0.15) is 14.8 Å². The Bertz CT molecular complexity index is 875. The van der Waals surface area contributed by atoms with Crippen molar-refractivity contribution in [3.05, 3.63) is 24.8 Å². The molecule has 0 radical (unpaired) electrons. The lowest BCUT2D eigenvalue weighted by atomic mass is 9.82. The van der Waals surface area contributed by atoms with Crippen LogP contribution in [0.15, 0.2) is 24.8 Å². The quantitative estimate of drug-likeness (QED) is 0.737. The van der Waals surface area contributed by atoms with Crippen LogP contribution in [0.2, 0.25) is 0 Å². The zero-order valence-corrected chi connectivity index (χ0v) is 14.5. The van der Waals surface area contributed by atoms with Crippen LogP contribution in [0.4, 0.5) is 10.7 Å². The molecule has 0 atom stereocenters. The Morgan fingerprint density at radius 2 is 1.89 bits per heavy atom. The lowest BCUT2D eigenvalue weighted by Crippen LogP contribution is -2.48. The van der Waals surface area contributed by atoms with E-state index in [0.717, 1.165) is 24.2 Å². The number of hydrogen-bond donors (Lipinski definition) is 2. The van der Waals surface area contributed by atoms with Crippen molar-refractivity contribution < 1.29 is 14.4 Å². The van der Waals surface area contributed by atoms with Crippen molar-refractivity contribution in [2.24, 2.45) is 0 Å². The van der Waals surface area contributed by atoms with Crippen molar-refractivity contribution in [3.8, 4) is 5.95 Å². The van der Waals surface area contributed by atoms with Crippen LogP contribution in [-0.2, 0) is 9.59 Å². The van der Waals surface area contributed by atoms with E-state index in [4.69, 9.17) is 0 Å². The fourth-order valence-corrected chi connectivity index (χ4v) is 3.50. The van der Waals surface area contributed by atoms with Gasteiger partial charge in [0.05, 0.1) is 0 Å². The molecule has 27 heavy (non-hydrogen) atoms. The van der Waals surface area contributed by atoms with E-state index in [1.807, 2.05) is 0 Å². The van der Waals surface area contributed by atoms with Gasteiger partial charge in [0.15, 0.2) is 0 Å². The fourth-order valence-electron chi connectivity index (χ4n) is 3.50. The maximum atomic E-state index is 12.7. The minimum Gasteiger partial charge on any atom is -0.323 e. The summed E-state index contributed by atoms with van der Waals surface area (Å²) in [7, 11) is 0. The summed E-state index contributed by atoms with van der Waals surface area (Å²) in [6.07, 6.45) is 8.33. The molecule has 3 heterocycles. The third kappa shape index (κ3) is 3.11. The molecule has 1 aliphatic carbocycles. The highest BCUT2D eigenvalue weighted by molar-refractivity contribution is 6.10. The molecule has 0 aromatic carbocycles. The predicted octanol–water partition coefficient (Wildman–Crippen LogP) is 0.250. The van der Waals surface area contributed by atoms with Gasteiger partial charge < -0.3 is 5.32 Å². The number of nitrogens with one attached hydrogen (secondary N) is 2. The molecule has 2 fully saturated rings. The number of hydrogen-bond acceptors (Lipinski definition) is 7. The van der Waals surface area contributed by atoms with Crippen LogP contribution in [0, 0.1) is 0 Å². The standard InChI is InChI=1S/C16H18N8O3/c25-11(21-14-19-10-20-24(14)13-17-7-4-8-18-13)9-23-12(26)16(22-15(23)27)5-2-1-3-6-16/h4,7-8,10H,1-3,5-6,9H2,(H,22,27)(H,19,20,21,25). The summed E-state index contributed by atoms with van der Waals surface area (Å²) in [6.45, 7) is -0.394. The number of nitrogens with zero attached hydrogens (tertiary/aromatic N) is 6. The number of amides is 4. The number of anilines is 1. The number of imide groups is 1. The average Bonchev–Trinajstić information content (AvgIpc) is 3.22. The average molecular weight is 370 g/mol. The first-order valence-electron chi connectivity index (χ1n) is 8.70. The first-order chi connectivity index (χ1) is 13.1. The number of carbonyl (C=O) groups is 3. The lowest BCUT2D eigenvalue weighted by Gasteiger charge is -2.30. The van der Waals surface area contributed by atoms with Gasteiger partial charge in [-0.25, -0.2) is 14.8 Å². The highest BCUT2D eigenvalue weighted by Crippen LogP contribution is 2.33. The summed E-state index contributed by atoms with van der Waals surface area (Å²) in [6, 6.07) is 1.11. The molecule has 1 saturated carbocycles. The van der Waals surface area contributed by atoms with E-state index in [0.29, 0.717) is 12.8 Å². The van der Waals surface area contributed by atoms with Crippen LogP contribution in [0.1, 0.15) is 32.1 Å². The third-order valence-corrected chi connectivity index (χ3v) is 4.80. The molecule has 1 saturated heterocycles. The van der Waals surface area contributed by atoms with E-state index < -0.39 is 24.0 Å². The maximum absolute atomic E-state index is 12.7. The number of carbonyl (C=O) groups excluding carboxylic acids is 3. The second-order valence-electron chi connectivity index (χ2n) is 6.56. The molecule has 1 aliphatic heterocycles. The molecule has 4 amide bonds. The Morgan fingerprint density at radius 1 is 1.15 bits per heavy atom. The summed E-state index contributed by atoms with van der Waals surface area (Å²) in [5.41, 5.74) is -0.854. The summed E-state index contributed by atoms with van der Waals surface area (Å²) < 4.78 is 1.26. The zero-order chi connectivity index (χ0) is 18.9. The number of urea groups is 1. The van der Waals surface area contributed by atoms with Crippen LogP contribution in [-0.4, -0.2) is 59.6 Å². The van der Waals surface area contributed by atoms with Crippen LogP contribution in [0.5, 0.6) is 0 Å². The fraction of sp³-hybridized carbons (Fsp3) is 0.438. The molecule has 2 N–H and O–H groups in total. The van der Waals surface area contributed by atoms with E-state index in [9.17, 15) is 14.4 Å². The highest BCUT2D eigenvalue weighted by Gasteiger charge is 2.51. The lowest BCUT2D eigenvalue weighted by molar-refractivity contribution is -0.134. The SMILES string of the molecule is O=C(CN1C(=O)NC2(CCCCC2)C1=O)Nc1ncnn1-c1ncccn1. The van der Waals surface area contributed by atoms with E-state index in [2.05, 4.69) is 30.7 Å². The van der Waals surface area contributed by atoms with Gasteiger partial charge in [0.2, 0.25) is 11.9 Å². The Hall–Kier alpha value is -3.37. The molecule has 2 aromatic rings. The summed E-state index contributed by atoms with van der Waals surface area (Å²) >= 11 is 0. The Labute approximate surface area is 154 Å². The molecule has 0 unspecified atom stereocenters. The van der Waals surface area contributed by atoms with Crippen molar-refractivity contribution in [2.75, 3.05) is 11.9 Å². The van der Waals surface area contributed by atoms with Gasteiger partial charge in [-0.15, -0.1) is 0 Å². The van der Waals surface area contributed by atoms with E-state index in [1.54, 1.807) is 6.07 Å². The molecule has 2 aromatic heterocycles. The van der Waals surface area contributed by atoms with Crippen molar-refractivity contribution in [2.45, 2.75) is 37.6 Å². The third-order valence-electron chi connectivity index (χ3n) is 4.80. The van der Waals surface area contributed by atoms with Gasteiger partial charge in [0.25, 0.3) is 11.9 Å². The van der Waals surface area contributed by atoms with Crippen LogP contribution >= 0.6 is 0 Å². The Balaban J connectivity index is 1.46. The topological polar surface area (TPSA) is 135 Å². The zero-order valence-electron chi connectivity index (χ0n) is 14.5. The van der Waals surface area contributed by atoms with Gasteiger partial charge in [-0.1, -0.05) is 19.3 Å². The highest BCUT2D eigenvalue weighted by atomic mass is 16.2. The first kappa shape index (κ1) is 17.1. The second-order valence-corrected chi connectivity index (χ2v) is 6.56. The maximum Gasteiger partial charge on any atom is 0.325 e. The van der Waals surface area contributed by atoms with Gasteiger partial charge in [-0.3, -0.25) is 19.8 Å². The molecule has 11 heteroatoms. The molecular formula is C16H18N8O3. The van der Waals surface area contributed by atoms with Crippen molar-refractivity contribution in [3.63, 3.8) is 0 Å². The van der Waals surface area contributed by atoms with Crippen molar-refractivity contribution in [1.29, 1.82) is 0 Å².